The zero-order valence-electron chi connectivity index (χ0n) is 14.4. The molecule has 6 heteroatoms. The lowest BCUT2D eigenvalue weighted by molar-refractivity contribution is 0.0948. The van der Waals surface area contributed by atoms with Gasteiger partial charge in [0.1, 0.15) is 11.6 Å². The SMILES string of the molecule is O=C(NCc1ccco1)c1cccnc1NSc1ccc2ccccc2c1. The standard InChI is InChI=1S/C21H17N3O2S/c25-21(23-14-17-7-4-12-26-17)19-8-3-11-22-20(19)24-27-18-10-9-15-5-1-2-6-16(15)13-18/h1-13H,14H2,(H,22,24)(H,23,25). The molecule has 4 rings (SSSR count). The summed E-state index contributed by atoms with van der Waals surface area (Å²) in [7, 11) is 0. The van der Waals surface area contributed by atoms with Gasteiger partial charge in [0.2, 0.25) is 0 Å². The number of furan rings is 1. The van der Waals surface area contributed by atoms with Crippen molar-refractivity contribution in [1.29, 1.82) is 0 Å². The Kier molecular flexibility index (Phi) is 5.07. The number of hydrogen-bond donors (Lipinski definition) is 2. The minimum atomic E-state index is -0.207. The van der Waals surface area contributed by atoms with Gasteiger partial charge in [0.05, 0.1) is 18.4 Å². The van der Waals surface area contributed by atoms with Gasteiger partial charge in [0, 0.05) is 11.1 Å². The quantitative estimate of drug-likeness (QED) is 0.470. The Labute approximate surface area is 160 Å². The van der Waals surface area contributed by atoms with Crippen LogP contribution in [-0.2, 0) is 6.54 Å². The van der Waals surface area contributed by atoms with Crippen molar-refractivity contribution in [1.82, 2.24) is 10.3 Å². The minimum absolute atomic E-state index is 0.207. The molecule has 2 N–H and O–H groups in total. The van der Waals surface area contributed by atoms with E-state index in [0.29, 0.717) is 23.7 Å². The highest BCUT2D eigenvalue weighted by Gasteiger charge is 2.13. The molecular formula is C21H17N3O2S. The molecular weight excluding hydrogens is 358 g/mol. The van der Waals surface area contributed by atoms with Crippen LogP contribution in [0.15, 0.2) is 88.5 Å². The minimum Gasteiger partial charge on any atom is -0.467 e. The molecule has 0 saturated heterocycles. The van der Waals surface area contributed by atoms with Crippen LogP contribution in [0.3, 0.4) is 0 Å². The van der Waals surface area contributed by atoms with Crippen molar-refractivity contribution in [2.75, 3.05) is 4.72 Å². The average Bonchev–Trinajstić information content (AvgIpc) is 3.24. The summed E-state index contributed by atoms with van der Waals surface area (Å²) in [6.45, 7) is 0.331. The van der Waals surface area contributed by atoms with Crippen LogP contribution in [0.4, 0.5) is 5.82 Å². The number of anilines is 1. The van der Waals surface area contributed by atoms with E-state index in [9.17, 15) is 4.79 Å². The third kappa shape index (κ3) is 4.12. The molecule has 0 radical (unpaired) electrons. The number of nitrogens with zero attached hydrogens (tertiary/aromatic N) is 1. The maximum absolute atomic E-state index is 12.5. The van der Waals surface area contributed by atoms with Crippen molar-refractivity contribution in [3.8, 4) is 0 Å². The molecule has 5 nitrogen and oxygen atoms in total. The van der Waals surface area contributed by atoms with E-state index in [1.165, 1.54) is 22.7 Å². The van der Waals surface area contributed by atoms with Crippen molar-refractivity contribution in [2.24, 2.45) is 0 Å². The molecule has 1 amide bonds. The fourth-order valence-electron chi connectivity index (χ4n) is 2.68. The largest absolute Gasteiger partial charge is 0.467 e. The van der Waals surface area contributed by atoms with Gasteiger partial charge in [0.15, 0.2) is 0 Å². The van der Waals surface area contributed by atoms with Gasteiger partial charge in [-0.3, -0.25) is 4.79 Å². The normalized spacial score (nSPS) is 10.7. The molecule has 0 aliphatic heterocycles. The topological polar surface area (TPSA) is 67.2 Å². The van der Waals surface area contributed by atoms with E-state index in [2.05, 4.69) is 39.3 Å². The molecule has 0 unspecified atom stereocenters. The Hall–Kier alpha value is -3.25. The monoisotopic (exact) mass is 375 g/mol. The number of fused-ring (bicyclic) bond motifs is 1. The van der Waals surface area contributed by atoms with Crippen LogP contribution in [0, 0.1) is 0 Å². The van der Waals surface area contributed by atoms with Crippen LogP contribution in [-0.4, -0.2) is 10.9 Å². The summed E-state index contributed by atoms with van der Waals surface area (Å²) in [6, 6.07) is 21.5. The average molecular weight is 375 g/mol. The van der Waals surface area contributed by atoms with E-state index < -0.39 is 0 Å². The summed E-state index contributed by atoms with van der Waals surface area (Å²) >= 11 is 1.42. The smallest absolute Gasteiger partial charge is 0.255 e. The number of pyridine rings is 1. The van der Waals surface area contributed by atoms with Gasteiger partial charge in [0.25, 0.3) is 5.91 Å². The molecule has 27 heavy (non-hydrogen) atoms. The number of hydrogen-bond acceptors (Lipinski definition) is 5. The first kappa shape index (κ1) is 17.2. The highest BCUT2D eigenvalue weighted by molar-refractivity contribution is 8.00. The van der Waals surface area contributed by atoms with E-state index in [1.54, 1.807) is 30.7 Å². The molecule has 0 aliphatic rings. The molecule has 0 fully saturated rings. The second-order valence-corrected chi connectivity index (χ2v) is 6.75. The third-order valence-corrected chi connectivity index (χ3v) is 4.83. The fraction of sp³-hybridized carbons (Fsp3) is 0.0476. The summed E-state index contributed by atoms with van der Waals surface area (Å²) in [5.41, 5.74) is 0.484. The lowest BCUT2D eigenvalue weighted by Gasteiger charge is -2.10. The first-order valence-electron chi connectivity index (χ1n) is 8.47. The van der Waals surface area contributed by atoms with Gasteiger partial charge < -0.3 is 14.5 Å². The van der Waals surface area contributed by atoms with Crippen LogP contribution < -0.4 is 10.0 Å². The molecule has 0 bridgehead atoms. The summed E-state index contributed by atoms with van der Waals surface area (Å²) in [6.07, 6.45) is 3.24. The fourth-order valence-corrected chi connectivity index (χ4v) is 3.38. The summed E-state index contributed by atoms with van der Waals surface area (Å²) in [5, 5.41) is 5.20. The van der Waals surface area contributed by atoms with Crippen LogP contribution in [0.5, 0.6) is 0 Å². The number of benzene rings is 2. The van der Waals surface area contributed by atoms with Gasteiger partial charge >= 0.3 is 0 Å². The van der Waals surface area contributed by atoms with E-state index in [-0.39, 0.29) is 5.91 Å². The second kappa shape index (κ2) is 7.97. The van der Waals surface area contributed by atoms with Crippen LogP contribution >= 0.6 is 11.9 Å². The third-order valence-electron chi connectivity index (χ3n) is 4.04. The van der Waals surface area contributed by atoms with Crippen molar-refractivity contribution in [3.63, 3.8) is 0 Å². The van der Waals surface area contributed by atoms with E-state index >= 15 is 0 Å². The molecule has 0 atom stereocenters. The highest BCUT2D eigenvalue weighted by atomic mass is 32.2. The maximum Gasteiger partial charge on any atom is 0.255 e. The first-order valence-corrected chi connectivity index (χ1v) is 9.28. The Bertz CT molecular complexity index is 1060. The zero-order chi connectivity index (χ0) is 18.5. The zero-order valence-corrected chi connectivity index (χ0v) is 15.2. The Balaban J connectivity index is 1.46. The van der Waals surface area contributed by atoms with Crippen molar-refractivity contribution < 1.29 is 9.21 Å². The lowest BCUT2D eigenvalue weighted by atomic mass is 10.1. The predicted octanol–water partition coefficient (Wildman–Crippen LogP) is 4.88. The molecule has 134 valence electrons. The first-order chi connectivity index (χ1) is 13.3. The molecule has 4 aromatic rings. The van der Waals surface area contributed by atoms with Crippen molar-refractivity contribution in [2.45, 2.75) is 11.4 Å². The lowest BCUT2D eigenvalue weighted by Crippen LogP contribution is -2.23. The van der Waals surface area contributed by atoms with E-state index in [1.807, 2.05) is 24.3 Å². The number of carbonyl (C=O) groups is 1. The summed E-state index contributed by atoms with van der Waals surface area (Å²) in [4.78, 5) is 17.9. The second-order valence-electron chi connectivity index (χ2n) is 5.87. The van der Waals surface area contributed by atoms with Crippen LogP contribution in [0.25, 0.3) is 10.8 Å². The molecule has 2 heterocycles. The van der Waals surface area contributed by atoms with Gasteiger partial charge in [-0.2, -0.15) is 0 Å². The van der Waals surface area contributed by atoms with Crippen LogP contribution in [0.1, 0.15) is 16.1 Å². The van der Waals surface area contributed by atoms with Crippen LogP contribution in [0.2, 0.25) is 0 Å². The molecule has 0 spiro atoms. The van der Waals surface area contributed by atoms with Gasteiger partial charge in [-0.1, -0.05) is 30.3 Å². The van der Waals surface area contributed by atoms with Gasteiger partial charge in [-0.25, -0.2) is 4.98 Å². The molecule has 2 aromatic heterocycles. The Morgan fingerprint density at radius 2 is 1.89 bits per heavy atom. The molecule has 0 saturated carbocycles. The van der Waals surface area contributed by atoms with E-state index in [0.717, 1.165) is 4.90 Å². The van der Waals surface area contributed by atoms with Crippen molar-refractivity contribution in [3.05, 3.63) is 90.5 Å². The predicted molar refractivity (Wildman–Crippen MR) is 108 cm³/mol. The Morgan fingerprint density at radius 1 is 1.00 bits per heavy atom. The van der Waals surface area contributed by atoms with E-state index in [4.69, 9.17) is 4.42 Å². The van der Waals surface area contributed by atoms with Gasteiger partial charge in [-0.05, 0) is 59.1 Å². The van der Waals surface area contributed by atoms with Gasteiger partial charge in [-0.15, -0.1) is 0 Å². The molecule has 2 aromatic carbocycles. The Morgan fingerprint density at radius 3 is 2.74 bits per heavy atom. The maximum atomic E-state index is 12.5. The van der Waals surface area contributed by atoms with Crippen molar-refractivity contribution >= 4 is 34.4 Å². The number of rotatable bonds is 6. The number of aromatic nitrogens is 1. The summed E-state index contributed by atoms with van der Waals surface area (Å²) < 4.78 is 8.43. The summed E-state index contributed by atoms with van der Waals surface area (Å²) in [5.74, 6) is 1.01. The number of amides is 1. The number of carbonyl (C=O) groups excluding carboxylic acids is 1. The highest BCUT2D eigenvalue weighted by Crippen LogP contribution is 2.25. The number of nitrogens with one attached hydrogen (secondary N) is 2. The molecule has 0 aliphatic carbocycles.